The second kappa shape index (κ2) is 6.04. The zero-order valence-corrected chi connectivity index (χ0v) is 11.2. The zero-order chi connectivity index (χ0) is 15.4. The Hall–Kier alpha value is -2.89. The molecule has 2 aromatic carbocycles. The predicted molar refractivity (Wildman–Crippen MR) is 75.9 cm³/mol. The van der Waals surface area contributed by atoms with Crippen molar-refractivity contribution >= 4 is 17.5 Å². The minimum absolute atomic E-state index is 0.107. The quantitative estimate of drug-likeness (QED) is 0.904. The topological polar surface area (TPSA) is 81.4 Å². The second-order valence-corrected chi connectivity index (χ2v) is 4.21. The number of benzene rings is 2. The van der Waals surface area contributed by atoms with E-state index in [0.717, 1.165) is 0 Å². The molecule has 5 nitrogen and oxygen atoms in total. The van der Waals surface area contributed by atoms with Crippen LogP contribution in [0.25, 0.3) is 0 Å². The molecule has 0 aliphatic carbocycles. The van der Waals surface area contributed by atoms with Crippen LogP contribution in [-0.2, 0) is 0 Å². The van der Waals surface area contributed by atoms with Crippen LogP contribution in [0.15, 0.2) is 42.5 Å². The molecule has 0 heterocycles. The Morgan fingerprint density at radius 3 is 2.52 bits per heavy atom. The lowest BCUT2D eigenvalue weighted by atomic mass is 10.1. The first-order valence-electron chi connectivity index (χ1n) is 6.06. The second-order valence-electron chi connectivity index (χ2n) is 4.21. The number of hydrogen-bond donors (Lipinski definition) is 2. The summed E-state index contributed by atoms with van der Waals surface area (Å²) in [6.07, 6.45) is 0. The lowest BCUT2D eigenvalue weighted by Crippen LogP contribution is -2.16. The van der Waals surface area contributed by atoms with Crippen LogP contribution in [0.1, 0.15) is 20.7 Å². The number of halogens is 1. The van der Waals surface area contributed by atoms with Crippen LogP contribution in [0.5, 0.6) is 5.75 Å². The molecule has 0 radical (unpaired) electrons. The average molecular weight is 288 g/mol. The highest BCUT2D eigenvalue weighted by Crippen LogP contribution is 2.26. The van der Waals surface area contributed by atoms with E-state index in [0.29, 0.717) is 5.75 Å². The van der Waals surface area contributed by atoms with Gasteiger partial charge >= 0.3 is 0 Å². The van der Waals surface area contributed by atoms with Crippen molar-refractivity contribution in [3.05, 3.63) is 59.4 Å². The van der Waals surface area contributed by atoms with Gasteiger partial charge in [-0.05, 0) is 30.3 Å². The molecule has 0 aromatic heterocycles. The number of rotatable bonds is 4. The first-order valence-corrected chi connectivity index (χ1v) is 6.06. The van der Waals surface area contributed by atoms with Gasteiger partial charge in [-0.1, -0.05) is 12.1 Å². The number of nitrogens with one attached hydrogen (secondary N) is 1. The Kier molecular flexibility index (Phi) is 4.18. The van der Waals surface area contributed by atoms with Crippen LogP contribution in [0, 0.1) is 5.82 Å². The van der Waals surface area contributed by atoms with E-state index in [2.05, 4.69) is 5.32 Å². The molecule has 108 valence electrons. The largest absolute Gasteiger partial charge is 0.495 e. The monoisotopic (exact) mass is 288 g/mol. The van der Waals surface area contributed by atoms with Crippen molar-refractivity contribution in [2.45, 2.75) is 0 Å². The normalized spacial score (nSPS) is 10.0. The van der Waals surface area contributed by atoms with Gasteiger partial charge in [0.25, 0.3) is 5.91 Å². The summed E-state index contributed by atoms with van der Waals surface area (Å²) >= 11 is 0. The summed E-state index contributed by atoms with van der Waals surface area (Å²) in [5, 5.41) is 2.50. The minimum Gasteiger partial charge on any atom is -0.495 e. The van der Waals surface area contributed by atoms with Crippen molar-refractivity contribution in [1.82, 2.24) is 0 Å². The number of methoxy groups -OCH3 is 1. The van der Waals surface area contributed by atoms with E-state index >= 15 is 0 Å². The van der Waals surface area contributed by atoms with Gasteiger partial charge in [0.2, 0.25) is 5.91 Å². The molecule has 6 heteroatoms. The molecule has 2 amide bonds. The van der Waals surface area contributed by atoms with Crippen molar-refractivity contribution in [3.63, 3.8) is 0 Å². The third kappa shape index (κ3) is 3.17. The lowest BCUT2D eigenvalue weighted by molar-refractivity contribution is 0.0995. The van der Waals surface area contributed by atoms with Crippen LogP contribution in [0.4, 0.5) is 10.1 Å². The van der Waals surface area contributed by atoms with Crippen LogP contribution in [0.2, 0.25) is 0 Å². The van der Waals surface area contributed by atoms with E-state index in [4.69, 9.17) is 10.5 Å². The summed E-state index contributed by atoms with van der Waals surface area (Å²) in [6.45, 7) is 0. The van der Waals surface area contributed by atoms with Gasteiger partial charge in [-0.15, -0.1) is 0 Å². The number of primary amides is 1. The van der Waals surface area contributed by atoms with Gasteiger partial charge in [0.05, 0.1) is 18.4 Å². The first kappa shape index (κ1) is 14.5. The number of carbonyl (C=O) groups is 2. The maximum atomic E-state index is 13.6. The molecule has 0 spiro atoms. The van der Waals surface area contributed by atoms with Crippen molar-refractivity contribution < 1.29 is 18.7 Å². The number of carbonyl (C=O) groups excluding carboxylic acids is 2. The summed E-state index contributed by atoms with van der Waals surface area (Å²) < 4.78 is 18.7. The summed E-state index contributed by atoms with van der Waals surface area (Å²) in [5.74, 6) is -1.59. The van der Waals surface area contributed by atoms with E-state index in [-0.39, 0.29) is 16.8 Å². The van der Waals surface area contributed by atoms with E-state index < -0.39 is 17.6 Å². The average Bonchev–Trinajstić information content (AvgIpc) is 2.47. The number of nitrogens with two attached hydrogens (primary N) is 1. The van der Waals surface area contributed by atoms with Crippen LogP contribution in [0.3, 0.4) is 0 Å². The highest BCUT2D eigenvalue weighted by atomic mass is 19.1. The molecule has 3 N–H and O–H groups in total. The Morgan fingerprint density at radius 1 is 1.19 bits per heavy atom. The highest BCUT2D eigenvalue weighted by Gasteiger charge is 2.14. The standard InChI is InChI=1S/C15H13FN2O3/c1-21-13-7-6-9(14(17)19)8-12(13)18-15(20)10-4-2-3-5-11(10)16/h2-8H,1H3,(H2,17,19)(H,18,20). The molecule has 0 saturated heterocycles. The molecule has 0 bridgehead atoms. The fourth-order valence-electron chi connectivity index (χ4n) is 1.79. The highest BCUT2D eigenvalue weighted by molar-refractivity contribution is 6.06. The molecule has 0 aliphatic heterocycles. The van der Waals surface area contributed by atoms with Gasteiger partial charge in [-0.25, -0.2) is 4.39 Å². The molecule has 0 unspecified atom stereocenters. The number of anilines is 1. The molecule has 21 heavy (non-hydrogen) atoms. The Balaban J connectivity index is 2.34. The van der Waals surface area contributed by atoms with Gasteiger partial charge in [-0.3, -0.25) is 9.59 Å². The van der Waals surface area contributed by atoms with Gasteiger partial charge in [0.15, 0.2) is 0 Å². The maximum absolute atomic E-state index is 13.6. The van der Waals surface area contributed by atoms with Gasteiger partial charge in [0.1, 0.15) is 11.6 Å². The molecular weight excluding hydrogens is 275 g/mol. The molecule has 0 fully saturated rings. The van der Waals surface area contributed by atoms with Gasteiger partial charge in [-0.2, -0.15) is 0 Å². The lowest BCUT2D eigenvalue weighted by Gasteiger charge is -2.11. The van der Waals surface area contributed by atoms with Crippen LogP contribution < -0.4 is 15.8 Å². The van der Waals surface area contributed by atoms with Crippen molar-refractivity contribution in [2.75, 3.05) is 12.4 Å². The first-order chi connectivity index (χ1) is 10.0. The molecular formula is C15H13FN2O3. The fraction of sp³-hybridized carbons (Fsp3) is 0.0667. The van der Waals surface area contributed by atoms with E-state index in [1.807, 2.05) is 0 Å². The van der Waals surface area contributed by atoms with Gasteiger partial charge in [0, 0.05) is 5.56 Å². The summed E-state index contributed by atoms with van der Waals surface area (Å²) in [4.78, 5) is 23.2. The Labute approximate surface area is 120 Å². The summed E-state index contributed by atoms with van der Waals surface area (Å²) in [5.41, 5.74) is 5.53. The molecule has 2 aromatic rings. The summed E-state index contributed by atoms with van der Waals surface area (Å²) in [6, 6.07) is 9.92. The van der Waals surface area contributed by atoms with Gasteiger partial charge < -0.3 is 15.8 Å². The molecule has 0 atom stereocenters. The van der Waals surface area contributed by atoms with Crippen molar-refractivity contribution in [2.24, 2.45) is 5.73 Å². The van der Waals surface area contributed by atoms with E-state index in [9.17, 15) is 14.0 Å². The number of amides is 2. The minimum atomic E-state index is -0.645. The van der Waals surface area contributed by atoms with Crippen molar-refractivity contribution in [3.8, 4) is 5.75 Å². The Bertz CT molecular complexity index is 701. The molecule has 2 rings (SSSR count). The van der Waals surface area contributed by atoms with E-state index in [1.165, 1.54) is 43.5 Å². The number of ether oxygens (including phenoxy) is 1. The third-order valence-electron chi connectivity index (χ3n) is 2.85. The molecule has 0 aliphatic rings. The summed E-state index contributed by atoms with van der Waals surface area (Å²) in [7, 11) is 1.41. The number of hydrogen-bond acceptors (Lipinski definition) is 3. The maximum Gasteiger partial charge on any atom is 0.258 e. The third-order valence-corrected chi connectivity index (χ3v) is 2.85. The van der Waals surface area contributed by atoms with Crippen LogP contribution in [-0.4, -0.2) is 18.9 Å². The SMILES string of the molecule is COc1ccc(C(N)=O)cc1NC(=O)c1ccccc1F. The van der Waals surface area contributed by atoms with E-state index in [1.54, 1.807) is 6.07 Å². The fourth-order valence-corrected chi connectivity index (χ4v) is 1.79. The predicted octanol–water partition coefficient (Wildman–Crippen LogP) is 2.19. The molecule has 0 saturated carbocycles. The zero-order valence-electron chi connectivity index (χ0n) is 11.2. The Morgan fingerprint density at radius 2 is 1.90 bits per heavy atom. The van der Waals surface area contributed by atoms with Crippen LogP contribution >= 0.6 is 0 Å². The smallest absolute Gasteiger partial charge is 0.258 e. The van der Waals surface area contributed by atoms with Crippen molar-refractivity contribution in [1.29, 1.82) is 0 Å².